The van der Waals surface area contributed by atoms with Gasteiger partial charge < -0.3 is 14.5 Å². The van der Waals surface area contributed by atoms with E-state index in [1.165, 1.54) is 54.4 Å². The molecule has 0 fully saturated rings. The molecule has 0 spiro atoms. The molecule has 314 valence electrons. The van der Waals surface area contributed by atoms with Crippen molar-refractivity contribution in [3.8, 4) is 44.9 Å². The van der Waals surface area contributed by atoms with Gasteiger partial charge in [-0.25, -0.2) is 0 Å². The summed E-state index contributed by atoms with van der Waals surface area (Å²) in [5.74, 6) is 1.75. The Balaban J connectivity index is 0.831. The Morgan fingerprint density at radius 3 is 1.31 bits per heavy atom. The highest BCUT2D eigenvalue weighted by molar-refractivity contribution is 6.18. The third-order valence-corrected chi connectivity index (χ3v) is 13.4. The van der Waals surface area contributed by atoms with Gasteiger partial charge in [0, 0.05) is 44.5 Å². The molecule has 0 aromatic heterocycles. The van der Waals surface area contributed by atoms with Crippen molar-refractivity contribution in [1.82, 2.24) is 0 Å². The first-order valence-corrected chi connectivity index (χ1v) is 22.9. The molecule has 12 aromatic carbocycles. The average molecular weight is 855 g/mol. The van der Waals surface area contributed by atoms with Crippen molar-refractivity contribution < 1.29 is 4.74 Å². The number of nitrogens with zero attached hydrogens (tertiary/aromatic N) is 2. The van der Waals surface area contributed by atoms with Crippen LogP contribution < -0.4 is 14.5 Å². The Morgan fingerprint density at radius 2 is 0.716 bits per heavy atom. The lowest BCUT2D eigenvalue weighted by molar-refractivity contribution is 0.487. The summed E-state index contributed by atoms with van der Waals surface area (Å²) in [5.41, 5.74) is 13.6. The molecule has 0 amide bonds. The highest BCUT2D eigenvalue weighted by Gasteiger charge is 2.23. The van der Waals surface area contributed by atoms with E-state index in [2.05, 4.69) is 265 Å². The van der Waals surface area contributed by atoms with Crippen molar-refractivity contribution in [2.24, 2.45) is 0 Å². The van der Waals surface area contributed by atoms with E-state index in [4.69, 9.17) is 4.74 Å². The first-order valence-electron chi connectivity index (χ1n) is 22.9. The maximum Gasteiger partial charge on any atom is 0.135 e. The van der Waals surface area contributed by atoms with Crippen LogP contribution in [-0.2, 0) is 0 Å². The molecule has 0 N–H and O–H groups in total. The van der Waals surface area contributed by atoms with Gasteiger partial charge in [-0.3, -0.25) is 0 Å². The number of rotatable bonds is 8. The maximum absolute atomic E-state index is 6.82. The van der Waals surface area contributed by atoms with Gasteiger partial charge in [-0.15, -0.1) is 0 Å². The summed E-state index contributed by atoms with van der Waals surface area (Å²) in [6.45, 7) is 0. The summed E-state index contributed by atoms with van der Waals surface area (Å²) in [6, 6.07) is 91.7. The van der Waals surface area contributed by atoms with Crippen LogP contribution in [0.25, 0.3) is 76.5 Å². The predicted octanol–water partition coefficient (Wildman–Crippen LogP) is 18.3. The molecule has 1 heterocycles. The maximum atomic E-state index is 6.82. The van der Waals surface area contributed by atoms with Gasteiger partial charge in [0.15, 0.2) is 0 Å². The normalized spacial score (nSPS) is 11.7. The summed E-state index contributed by atoms with van der Waals surface area (Å²) >= 11 is 0. The minimum Gasteiger partial charge on any atom is -0.456 e. The third-order valence-electron chi connectivity index (χ3n) is 13.4. The van der Waals surface area contributed by atoms with Crippen LogP contribution in [0.15, 0.2) is 255 Å². The zero-order valence-electron chi connectivity index (χ0n) is 36.6. The minimum absolute atomic E-state index is 0.868. The van der Waals surface area contributed by atoms with E-state index < -0.39 is 0 Å². The van der Waals surface area contributed by atoms with Crippen LogP contribution in [-0.4, -0.2) is 0 Å². The monoisotopic (exact) mass is 854 g/mol. The molecule has 0 radical (unpaired) electrons. The summed E-state index contributed by atoms with van der Waals surface area (Å²) < 4.78 is 6.82. The van der Waals surface area contributed by atoms with Gasteiger partial charge in [0.05, 0.1) is 11.4 Å². The number of hydrogen-bond acceptors (Lipinski definition) is 3. The Morgan fingerprint density at radius 1 is 0.254 bits per heavy atom. The minimum atomic E-state index is 0.868. The quantitative estimate of drug-likeness (QED) is 0.142. The lowest BCUT2D eigenvalue weighted by atomic mass is 9.88. The van der Waals surface area contributed by atoms with Crippen molar-refractivity contribution in [3.05, 3.63) is 255 Å². The van der Waals surface area contributed by atoms with Crippen LogP contribution in [0.3, 0.4) is 0 Å². The van der Waals surface area contributed by atoms with E-state index in [0.717, 1.165) is 67.7 Å². The second-order valence-electron chi connectivity index (χ2n) is 17.3. The van der Waals surface area contributed by atoms with E-state index in [-0.39, 0.29) is 0 Å². The summed E-state index contributed by atoms with van der Waals surface area (Å²) in [5, 5.41) is 9.61. The Bertz CT molecular complexity index is 3820. The topological polar surface area (TPSA) is 15.7 Å². The highest BCUT2D eigenvalue weighted by Crippen LogP contribution is 2.50. The van der Waals surface area contributed by atoms with Crippen molar-refractivity contribution in [3.63, 3.8) is 0 Å². The van der Waals surface area contributed by atoms with E-state index in [1.807, 2.05) is 0 Å². The first-order chi connectivity index (χ1) is 33.2. The number of hydrogen-bond donors (Lipinski definition) is 0. The Labute approximate surface area is 389 Å². The molecule has 3 nitrogen and oxygen atoms in total. The fraction of sp³-hybridized carbons (Fsp3) is 0. The molecule has 0 aliphatic carbocycles. The van der Waals surface area contributed by atoms with Crippen LogP contribution in [0.4, 0.5) is 34.1 Å². The van der Waals surface area contributed by atoms with Gasteiger partial charge in [0.1, 0.15) is 11.5 Å². The molecule has 67 heavy (non-hydrogen) atoms. The summed E-state index contributed by atoms with van der Waals surface area (Å²) in [4.78, 5) is 4.70. The number of ether oxygens (including phenoxy) is 1. The van der Waals surface area contributed by atoms with E-state index in [0.29, 0.717) is 0 Å². The number of para-hydroxylation sites is 2. The summed E-state index contributed by atoms with van der Waals surface area (Å²) in [7, 11) is 0. The molecule has 0 unspecified atom stereocenters. The van der Waals surface area contributed by atoms with Gasteiger partial charge >= 0.3 is 0 Å². The molecule has 0 atom stereocenters. The predicted molar refractivity (Wildman–Crippen MR) is 282 cm³/mol. The fourth-order valence-electron chi connectivity index (χ4n) is 10.2. The number of benzene rings is 12. The van der Waals surface area contributed by atoms with Gasteiger partial charge in [-0.1, -0.05) is 164 Å². The van der Waals surface area contributed by atoms with Crippen LogP contribution in [0.2, 0.25) is 0 Å². The van der Waals surface area contributed by atoms with Crippen molar-refractivity contribution in [2.45, 2.75) is 0 Å². The van der Waals surface area contributed by atoms with Crippen LogP contribution in [0, 0.1) is 0 Å². The Kier molecular flexibility index (Phi) is 9.17. The molecule has 1 aliphatic heterocycles. The van der Waals surface area contributed by atoms with Crippen molar-refractivity contribution in [1.29, 1.82) is 0 Å². The molecular formula is C64H42N2O. The zero-order chi connectivity index (χ0) is 44.3. The number of fused-ring (bicyclic) bond motifs is 6. The largest absolute Gasteiger partial charge is 0.456 e. The average Bonchev–Trinajstić information content (AvgIpc) is 3.40. The molecule has 0 saturated carbocycles. The third kappa shape index (κ3) is 6.67. The summed E-state index contributed by atoms with van der Waals surface area (Å²) in [6.07, 6.45) is 0. The van der Waals surface area contributed by atoms with Gasteiger partial charge in [0.25, 0.3) is 0 Å². The van der Waals surface area contributed by atoms with E-state index in [1.54, 1.807) is 0 Å². The van der Waals surface area contributed by atoms with Gasteiger partial charge in [0.2, 0.25) is 0 Å². The molecule has 0 bridgehead atoms. The lowest BCUT2D eigenvalue weighted by Gasteiger charge is -2.27. The van der Waals surface area contributed by atoms with Crippen LogP contribution in [0.5, 0.6) is 11.5 Å². The second kappa shape index (κ2) is 16.0. The first kappa shape index (κ1) is 38.5. The molecule has 12 aromatic rings. The van der Waals surface area contributed by atoms with Gasteiger partial charge in [-0.05, 0) is 146 Å². The van der Waals surface area contributed by atoms with Crippen LogP contribution >= 0.6 is 0 Å². The fourth-order valence-corrected chi connectivity index (χ4v) is 10.2. The lowest BCUT2D eigenvalue weighted by Crippen LogP contribution is -2.10. The zero-order valence-corrected chi connectivity index (χ0v) is 36.6. The SMILES string of the molecule is c1ccc(N(c2ccc(-c3ccc4c(c3)Oc3cccc5c3c-4cc3ccc(-c4ccc(N(c6ccccc6)c6cccc7ccccc67)cc4)cc35)cc2)c2cccc3ccccc23)cc1. The van der Waals surface area contributed by atoms with Crippen molar-refractivity contribution in [2.75, 3.05) is 9.80 Å². The Hall–Kier alpha value is -8.92. The van der Waals surface area contributed by atoms with E-state index in [9.17, 15) is 0 Å². The smallest absolute Gasteiger partial charge is 0.135 e. The molecular weight excluding hydrogens is 813 g/mol. The second-order valence-corrected chi connectivity index (χ2v) is 17.3. The number of anilines is 6. The standard InChI is InChI=1S/C64H42N2O/c1-3-18-50(19-4-1)65(60-25-11-16-45-14-7-9-22-54(45)60)52-35-30-43(31-36-52)47-28-29-49-41-59-56-39-34-48(42-63(56)67-62-27-13-24-57(64(59)62)58(49)40-47)44-32-37-53(38-33-44)66(51-20-5-2-6-21-51)61-26-12-17-46-15-8-10-23-55(46)61/h1-42H. The molecule has 3 heteroatoms. The van der Waals surface area contributed by atoms with Crippen LogP contribution in [0.1, 0.15) is 0 Å². The molecule has 0 saturated heterocycles. The van der Waals surface area contributed by atoms with Gasteiger partial charge in [-0.2, -0.15) is 0 Å². The van der Waals surface area contributed by atoms with Crippen molar-refractivity contribution >= 4 is 77.2 Å². The van der Waals surface area contributed by atoms with E-state index >= 15 is 0 Å². The molecule has 13 rings (SSSR count). The molecule has 1 aliphatic rings. The highest BCUT2D eigenvalue weighted by atomic mass is 16.5.